The lowest BCUT2D eigenvalue weighted by molar-refractivity contribution is 0.0950. The third-order valence-corrected chi connectivity index (χ3v) is 6.45. The fraction of sp³-hybridized carbons (Fsp3) is 0.273. The van der Waals surface area contributed by atoms with Gasteiger partial charge in [0, 0.05) is 23.7 Å². The lowest BCUT2D eigenvalue weighted by Crippen LogP contribution is -2.23. The Morgan fingerprint density at radius 3 is 2.42 bits per heavy atom. The van der Waals surface area contributed by atoms with E-state index in [4.69, 9.17) is 23.2 Å². The predicted molar refractivity (Wildman–Crippen MR) is 122 cm³/mol. The molecule has 0 unspecified atom stereocenters. The second kappa shape index (κ2) is 8.65. The first-order chi connectivity index (χ1) is 14.7. The van der Waals surface area contributed by atoms with Crippen LogP contribution in [0.5, 0.6) is 0 Å². The van der Waals surface area contributed by atoms with Crippen molar-refractivity contribution in [2.75, 3.05) is 6.26 Å². The van der Waals surface area contributed by atoms with E-state index in [1.165, 1.54) is 6.26 Å². The van der Waals surface area contributed by atoms with E-state index in [-0.39, 0.29) is 17.6 Å². The SMILES string of the molecule is CS(=O)(=O)Cc1ccc(CNC(=O)c2cnn(-c3ccc(Cl)cc3Cl)c2C2CC2)cc1. The number of rotatable bonds is 7. The highest BCUT2D eigenvalue weighted by Gasteiger charge is 2.33. The Bertz CT molecular complexity index is 1230. The van der Waals surface area contributed by atoms with E-state index in [0.29, 0.717) is 27.8 Å². The molecule has 1 heterocycles. The first-order valence-electron chi connectivity index (χ1n) is 9.78. The maximum Gasteiger partial charge on any atom is 0.255 e. The van der Waals surface area contributed by atoms with Crippen molar-refractivity contribution >= 4 is 38.9 Å². The van der Waals surface area contributed by atoms with Crippen LogP contribution in [0.15, 0.2) is 48.7 Å². The molecule has 162 valence electrons. The van der Waals surface area contributed by atoms with Crippen LogP contribution in [0.2, 0.25) is 10.0 Å². The van der Waals surface area contributed by atoms with Gasteiger partial charge < -0.3 is 5.32 Å². The van der Waals surface area contributed by atoms with Gasteiger partial charge >= 0.3 is 0 Å². The Morgan fingerprint density at radius 1 is 1.13 bits per heavy atom. The average Bonchev–Trinajstić information content (AvgIpc) is 3.44. The maximum atomic E-state index is 12.9. The molecule has 0 spiro atoms. The zero-order valence-corrected chi connectivity index (χ0v) is 19.1. The van der Waals surface area contributed by atoms with Gasteiger partial charge in [0.05, 0.1) is 33.9 Å². The topological polar surface area (TPSA) is 81.1 Å². The van der Waals surface area contributed by atoms with E-state index < -0.39 is 9.84 Å². The minimum absolute atomic E-state index is 0.00314. The van der Waals surface area contributed by atoms with Crippen molar-refractivity contribution in [1.29, 1.82) is 0 Å². The Kier molecular flexibility index (Phi) is 6.10. The quantitative estimate of drug-likeness (QED) is 0.541. The Labute approximate surface area is 191 Å². The van der Waals surface area contributed by atoms with Gasteiger partial charge in [-0.1, -0.05) is 47.5 Å². The van der Waals surface area contributed by atoms with E-state index >= 15 is 0 Å². The van der Waals surface area contributed by atoms with Crippen LogP contribution in [0, 0.1) is 0 Å². The van der Waals surface area contributed by atoms with Crippen molar-refractivity contribution < 1.29 is 13.2 Å². The van der Waals surface area contributed by atoms with Crippen molar-refractivity contribution in [1.82, 2.24) is 15.1 Å². The molecule has 0 bridgehead atoms. The molecule has 1 aromatic heterocycles. The number of nitrogens with zero attached hydrogens (tertiary/aromatic N) is 2. The number of hydrogen-bond donors (Lipinski definition) is 1. The molecule has 2 aromatic carbocycles. The fourth-order valence-corrected chi connectivity index (χ4v) is 4.75. The number of carbonyl (C=O) groups is 1. The van der Waals surface area contributed by atoms with Crippen LogP contribution in [-0.2, 0) is 22.1 Å². The summed E-state index contributed by atoms with van der Waals surface area (Å²) < 4.78 is 24.6. The smallest absolute Gasteiger partial charge is 0.255 e. The zero-order valence-electron chi connectivity index (χ0n) is 16.8. The minimum Gasteiger partial charge on any atom is -0.348 e. The van der Waals surface area contributed by atoms with Crippen molar-refractivity contribution in [2.45, 2.75) is 31.1 Å². The van der Waals surface area contributed by atoms with Crippen LogP contribution in [0.25, 0.3) is 5.69 Å². The molecule has 0 radical (unpaired) electrons. The molecule has 6 nitrogen and oxygen atoms in total. The number of amides is 1. The number of aromatic nitrogens is 2. The van der Waals surface area contributed by atoms with E-state index in [1.807, 2.05) is 12.1 Å². The molecule has 0 aliphatic heterocycles. The summed E-state index contributed by atoms with van der Waals surface area (Å²) in [5, 5.41) is 8.37. The summed E-state index contributed by atoms with van der Waals surface area (Å²) in [6, 6.07) is 12.4. The van der Waals surface area contributed by atoms with E-state index in [9.17, 15) is 13.2 Å². The normalized spacial score (nSPS) is 13.9. The van der Waals surface area contributed by atoms with Gasteiger partial charge in [-0.2, -0.15) is 5.10 Å². The third kappa shape index (κ3) is 5.29. The van der Waals surface area contributed by atoms with Crippen LogP contribution in [0.3, 0.4) is 0 Å². The van der Waals surface area contributed by atoms with E-state index in [1.54, 1.807) is 41.2 Å². The minimum atomic E-state index is -3.08. The van der Waals surface area contributed by atoms with Crippen LogP contribution in [0.4, 0.5) is 0 Å². The summed E-state index contributed by atoms with van der Waals surface area (Å²) in [6.45, 7) is 0.328. The standard InChI is InChI=1S/C22H21Cl2N3O3S/c1-31(29,30)13-15-4-2-14(3-5-15)11-25-22(28)18-12-26-27(21(18)16-6-7-16)20-9-8-17(23)10-19(20)24/h2-5,8-10,12,16H,6-7,11,13H2,1H3,(H,25,28). The Hall–Kier alpha value is -2.35. The molecule has 1 saturated carbocycles. The molecular formula is C22H21Cl2N3O3S. The number of nitrogens with one attached hydrogen (secondary N) is 1. The number of benzene rings is 2. The van der Waals surface area contributed by atoms with Gasteiger partial charge in [-0.25, -0.2) is 13.1 Å². The van der Waals surface area contributed by atoms with Crippen molar-refractivity contribution in [2.24, 2.45) is 0 Å². The van der Waals surface area contributed by atoms with Gasteiger partial charge in [-0.05, 0) is 42.2 Å². The van der Waals surface area contributed by atoms with Crippen LogP contribution in [-0.4, -0.2) is 30.4 Å². The molecule has 1 aliphatic rings. The first kappa shape index (κ1) is 21.9. The second-order valence-electron chi connectivity index (χ2n) is 7.79. The van der Waals surface area contributed by atoms with E-state index in [2.05, 4.69) is 10.4 Å². The molecule has 9 heteroatoms. The van der Waals surface area contributed by atoms with Crippen molar-refractivity contribution in [3.8, 4) is 5.69 Å². The van der Waals surface area contributed by atoms with Crippen molar-refractivity contribution in [3.05, 3.63) is 81.1 Å². The molecule has 1 fully saturated rings. The zero-order chi connectivity index (χ0) is 22.2. The third-order valence-electron chi connectivity index (χ3n) is 5.06. The summed E-state index contributed by atoms with van der Waals surface area (Å²) in [4.78, 5) is 12.9. The van der Waals surface area contributed by atoms with Gasteiger partial charge in [0.15, 0.2) is 9.84 Å². The number of sulfone groups is 1. The van der Waals surface area contributed by atoms with Gasteiger partial charge in [0.2, 0.25) is 0 Å². The van der Waals surface area contributed by atoms with Gasteiger partial charge in [-0.3, -0.25) is 4.79 Å². The fourth-order valence-electron chi connectivity index (χ4n) is 3.46. The highest BCUT2D eigenvalue weighted by Crippen LogP contribution is 2.43. The number of halogens is 2. The molecule has 0 saturated heterocycles. The van der Waals surface area contributed by atoms with Gasteiger partial charge in [0.1, 0.15) is 0 Å². The van der Waals surface area contributed by atoms with Crippen LogP contribution in [0.1, 0.15) is 45.9 Å². The molecule has 4 rings (SSSR count). The Balaban J connectivity index is 1.51. The summed E-state index contributed by atoms with van der Waals surface area (Å²) in [7, 11) is -3.08. The summed E-state index contributed by atoms with van der Waals surface area (Å²) in [5.74, 6) is 0.0559. The van der Waals surface area contributed by atoms with Gasteiger partial charge in [-0.15, -0.1) is 0 Å². The highest BCUT2D eigenvalue weighted by molar-refractivity contribution is 7.89. The Morgan fingerprint density at radius 2 is 1.81 bits per heavy atom. The molecule has 1 N–H and O–H groups in total. The molecule has 1 amide bonds. The van der Waals surface area contributed by atoms with Crippen molar-refractivity contribution in [3.63, 3.8) is 0 Å². The average molecular weight is 478 g/mol. The largest absolute Gasteiger partial charge is 0.348 e. The van der Waals surface area contributed by atoms with Crippen LogP contribution >= 0.6 is 23.2 Å². The second-order valence-corrected chi connectivity index (χ2v) is 10.8. The van der Waals surface area contributed by atoms with Gasteiger partial charge in [0.25, 0.3) is 5.91 Å². The molecular weight excluding hydrogens is 457 g/mol. The maximum absolute atomic E-state index is 12.9. The molecule has 31 heavy (non-hydrogen) atoms. The summed E-state index contributed by atoms with van der Waals surface area (Å²) >= 11 is 12.4. The summed E-state index contributed by atoms with van der Waals surface area (Å²) in [5.41, 5.74) is 3.67. The lowest BCUT2D eigenvalue weighted by Gasteiger charge is -2.11. The monoisotopic (exact) mass is 477 g/mol. The number of hydrogen-bond acceptors (Lipinski definition) is 4. The lowest BCUT2D eigenvalue weighted by atomic mass is 10.1. The molecule has 1 aliphatic carbocycles. The molecule has 0 atom stereocenters. The molecule has 3 aromatic rings. The first-order valence-corrected chi connectivity index (χ1v) is 12.6. The predicted octanol–water partition coefficient (Wildman–Crippen LogP) is 4.53. The van der Waals surface area contributed by atoms with Crippen LogP contribution < -0.4 is 5.32 Å². The van der Waals surface area contributed by atoms with E-state index in [0.717, 1.165) is 29.7 Å². The number of carbonyl (C=O) groups excluding carboxylic acids is 1. The summed E-state index contributed by atoms with van der Waals surface area (Å²) in [6.07, 6.45) is 4.77. The highest BCUT2D eigenvalue weighted by atomic mass is 35.5.